The summed E-state index contributed by atoms with van der Waals surface area (Å²) in [5, 5.41) is 0. The van der Waals surface area contributed by atoms with Crippen molar-refractivity contribution in [2.24, 2.45) is 0 Å². The van der Waals surface area contributed by atoms with E-state index in [0.717, 1.165) is 25.2 Å². The van der Waals surface area contributed by atoms with E-state index in [9.17, 15) is 4.39 Å². The summed E-state index contributed by atoms with van der Waals surface area (Å²) in [6.07, 6.45) is 2.36. The number of hydrogen-bond donors (Lipinski definition) is 1. The van der Waals surface area contributed by atoms with Gasteiger partial charge in [-0.15, -0.1) is 0 Å². The van der Waals surface area contributed by atoms with Crippen molar-refractivity contribution in [1.82, 2.24) is 4.90 Å². The molecule has 2 rings (SSSR count). The predicted octanol–water partition coefficient (Wildman–Crippen LogP) is 2.25. The van der Waals surface area contributed by atoms with E-state index < -0.39 is 0 Å². The second-order valence-corrected chi connectivity index (χ2v) is 5.37. The first-order valence-corrected chi connectivity index (χ1v) is 6.46. The first-order valence-electron chi connectivity index (χ1n) is 6.46. The highest BCUT2D eigenvalue weighted by molar-refractivity contribution is 5.69. The molecule has 1 aromatic carbocycles. The molecule has 4 heteroatoms. The van der Waals surface area contributed by atoms with Gasteiger partial charge in [-0.05, 0) is 51.6 Å². The summed E-state index contributed by atoms with van der Waals surface area (Å²) in [6.45, 7) is 3.74. The Bertz CT molecular complexity index is 431. The lowest BCUT2D eigenvalue weighted by Gasteiger charge is -2.38. The first-order chi connectivity index (χ1) is 8.49. The summed E-state index contributed by atoms with van der Waals surface area (Å²) in [6, 6.07) is 3.84. The smallest absolute Gasteiger partial charge is 0.128 e. The molecule has 18 heavy (non-hydrogen) atoms. The molecular formula is C14H22FN3. The Morgan fingerprint density at radius 2 is 2.11 bits per heavy atom. The molecule has 1 heterocycles. The Hall–Kier alpha value is -1.29. The summed E-state index contributed by atoms with van der Waals surface area (Å²) < 4.78 is 13.4. The second-order valence-electron chi connectivity index (χ2n) is 5.37. The summed E-state index contributed by atoms with van der Waals surface area (Å²) in [7, 11) is 4.21. The molecule has 1 aliphatic rings. The lowest BCUT2D eigenvalue weighted by Crippen LogP contribution is -2.45. The monoisotopic (exact) mass is 251 g/mol. The van der Waals surface area contributed by atoms with Gasteiger partial charge in [0, 0.05) is 19.1 Å². The number of nitrogens with two attached hydrogens (primary N) is 1. The molecule has 0 spiro atoms. The Labute approximate surface area is 108 Å². The Morgan fingerprint density at radius 1 is 1.39 bits per heavy atom. The van der Waals surface area contributed by atoms with Crippen LogP contribution in [0, 0.1) is 12.7 Å². The van der Waals surface area contributed by atoms with E-state index in [1.54, 1.807) is 6.92 Å². The molecule has 0 bridgehead atoms. The van der Waals surface area contributed by atoms with Crippen LogP contribution in [-0.2, 0) is 0 Å². The van der Waals surface area contributed by atoms with Gasteiger partial charge in [0.2, 0.25) is 0 Å². The third-order valence-electron chi connectivity index (χ3n) is 3.78. The van der Waals surface area contributed by atoms with Crippen LogP contribution in [0.25, 0.3) is 0 Å². The lowest BCUT2D eigenvalue weighted by atomic mass is 10.0. The number of hydrogen-bond acceptors (Lipinski definition) is 3. The normalized spacial score (nSPS) is 20.5. The van der Waals surface area contributed by atoms with Gasteiger partial charge in [0.15, 0.2) is 0 Å². The van der Waals surface area contributed by atoms with Gasteiger partial charge in [0.25, 0.3) is 0 Å². The molecule has 2 N–H and O–H groups in total. The van der Waals surface area contributed by atoms with Crippen molar-refractivity contribution in [3.05, 3.63) is 23.5 Å². The highest BCUT2D eigenvalue weighted by Gasteiger charge is 2.23. The zero-order valence-electron chi connectivity index (χ0n) is 11.4. The zero-order chi connectivity index (χ0) is 13.3. The number of halogens is 1. The molecule has 1 aliphatic heterocycles. The second kappa shape index (κ2) is 5.14. The van der Waals surface area contributed by atoms with Crippen molar-refractivity contribution in [1.29, 1.82) is 0 Å². The van der Waals surface area contributed by atoms with Gasteiger partial charge in [-0.25, -0.2) is 4.39 Å². The molecule has 1 unspecified atom stereocenters. The minimum atomic E-state index is -0.225. The van der Waals surface area contributed by atoms with Gasteiger partial charge in [0.05, 0.1) is 11.4 Å². The topological polar surface area (TPSA) is 32.5 Å². The fraction of sp³-hybridized carbons (Fsp3) is 0.571. The SMILES string of the molecule is Cc1cc(N2CCCC(N(C)C)C2)c(N)cc1F. The van der Waals surface area contributed by atoms with Crippen molar-refractivity contribution < 1.29 is 4.39 Å². The van der Waals surface area contributed by atoms with E-state index in [1.807, 2.05) is 6.07 Å². The average Bonchev–Trinajstić information content (AvgIpc) is 2.34. The Kier molecular flexibility index (Phi) is 3.76. The molecule has 0 aromatic heterocycles. The maximum Gasteiger partial charge on any atom is 0.128 e. The van der Waals surface area contributed by atoms with Crippen LogP contribution in [0.5, 0.6) is 0 Å². The van der Waals surface area contributed by atoms with E-state index >= 15 is 0 Å². The molecule has 100 valence electrons. The number of rotatable bonds is 2. The standard InChI is InChI=1S/C14H22FN3/c1-10-7-14(13(16)8-12(10)15)18-6-4-5-11(9-18)17(2)3/h7-8,11H,4-6,9,16H2,1-3H3. The highest BCUT2D eigenvalue weighted by Crippen LogP contribution is 2.29. The van der Waals surface area contributed by atoms with Crippen LogP contribution in [0.4, 0.5) is 15.8 Å². The minimum Gasteiger partial charge on any atom is -0.397 e. The number of nitrogen functional groups attached to an aromatic ring is 1. The predicted molar refractivity (Wildman–Crippen MR) is 74.5 cm³/mol. The van der Waals surface area contributed by atoms with Crippen molar-refractivity contribution in [2.45, 2.75) is 25.8 Å². The summed E-state index contributed by atoms with van der Waals surface area (Å²) in [5.41, 5.74) is 8.12. The highest BCUT2D eigenvalue weighted by atomic mass is 19.1. The maximum atomic E-state index is 13.4. The van der Waals surface area contributed by atoms with Crippen molar-refractivity contribution >= 4 is 11.4 Å². The van der Waals surface area contributed by atoms with Crippen molar-refractivity contribution in [2.75, 3.05) is 37.8 Å². The van der Waals surface area contributed by atoms with Crippen LogP contribution in [-0.4, -0.2) is 38.1 Å². The van der Waals surface area contributed by atoms with Crippen molar-refractivity contribution in [3.63, 3.8) is 0 Å². The van der Waals surface area contributed by atoms with E-state index in [0.29, 0.717) is 17.3 Å². The van der Waals surface area contributed by atoms with Crippen LogP contribution in [0.2, 0.25) is 0 Å². The molecule has 1 fully saturated rings. The first kappa shape index (κ1) is 13.1. The summed E-state index contributed by atoms with van der Waals surface area (Å²) in [5.74, 6) is -0.225. The van der Waals surface area contributed by atoms with E-state index in [1.165, 1.54) is 12.5 Å². The minimum absolute atomic E-state index is 0.225. The third-order valence-corrected chi connectivity index (χ3v) is 3.78. The molecule has 0 amide bonds. The fourth-order valence-electron chi connectivity index (χ4n) is 2.55. The van der Waals surface area contributed by atoms with Crippen molar-refractivity contribution in [3.8, 4) is 0 Å². The molecule has 1 aromatic rings. The molecule has 1 saturated heterocycles. The van der Waals surface area contributed by atoms with Crippen LogP contribution in [0.1, 0.15) is 18.4 Å². The van der Waals surface area contributed by atoms with Gasteiger partial charge in [0.1, 0.15) is 5.82 Å². The van der Waals surface area contributed by atoms with Crippen LogP contribution in [0.3, 0.4) is 0 Å². The third kappa shape index (κ3) is 2.58. The van der Waals surface area contributed by atoms with Gasteiger partial charge in [-0.1, -0.05) is 0 Å². The van der Waals surface area contributed by atoms with Gasteiger partial charge in [-0.3, -0.25) is 0 Å². The number of benzene rings is 1. The Morgan fingerprint density at radius 3 is 2.78 bits per heavy atom. The van der Waals surface area contributed by atoms with E-state index in [2.05, 4.69) is 23.9 Å². The number of anilines is 2. The van der Waals surface area contributed by atoms with Crippen LogP contribution < -0.4 is 10.6 Å². The van der Waals surface area contributed by atoms with E-state index in [4.69, 9.17) is 5.73 Å². The Balaban J connectivity index is 2.23. The molecule has 1 atom stereocenters. The number of aryl methyl sites for hydroxylation is 1. The maximum absolute atomic E-state index is 13.4. The number of piperidine rings is 1. The summed E-state index contributed by atoms with van der Waals surface area (Å²) in [4.78, 5) is 4.52. The molecule has 0 saturated carbocycles. The van der Waals surface area contributed by atoms with Crippen LogP contribution in [0.15, 0.2) is 12.1 Å². The molecule has 0 aliphatic carbocycles. The zero-order valence-corrected chi connectivity index (χ0v) is 11.4. The quantitative estimate of drug-likeness (QED) is 0.818. The van der Waals surface area contributed by atoms with E-state index in [-0.39, 0.29) is 5.82 Å². The number of nitrogens with zero attached hydrogens (tertiary/aromatic N) is 2. The molecule has 3 nitrogen and oxygen atoms in total. The van der Waals surface area contributed by atoms with Gasteiger partial charge < -0.3 is 15.5 Å². The van der Waals surface area contributed by atoms with Crippen LogP contribution >= 0.6 is 0 Å². The molecule has 0 radical (unpaired) electrons. The van der Waals surface area contributed by atoms with Gasteiger partial charge in [-0.2, -0.15) is 0 Å². The number of likely N-dealkylation sites (N-methyl/N-ethyl adjacent to an activating group) is 1. The lowest BCUT2D eigenvalue weighted by molar-refractivity contribution is 0.258. The van der Waals surface area contributed by atoms with Gasteiger partial charge >= 0.3 is 0 Å². The molecular weight excluding hydrogens is 229 g/mol. The average molecular weight is 251 g/mol. The fourth-order valence-corrected chi connectivity index (χ4v) is 2.55. The summed E-state index contributed by atoms with van der Waals surface area (Å²) >= 11 is 0. The largest absolute Gasteiger partial charge is 0.397 e.